The van der Waals surface area contributed by atoms with Gasteiger partial charge in [-0.2, -0.15) is 16.9 Å². The molecular weight excluding hydrogens is 364 g/mol. The average molecular weight is 391 g/mol. The van der Waals surface area contributed by atoms with E-state index in [-0.39, 0.29) is 5.91 Å². The number of aromatic nitrogens is 2. The summed E-state index contributed by atoms with van der Waals surface area (Å²) in [7, 11) is 0. The van der Waals surface area contributed by atoms with Crippen LogP contribution in [0.1, 0.15) is 51.1 Å². The number of amides is 1. The molecule has 5 nitrogen and oxygen atoms in total. The lowest BCUT2D eigenvalue weighted by Gasteiger charge is -2.26. The molecule has 1 atom stereocenters. The van der Waals surface area contributed by atoms with Gasteiger partial charge < -0.3 is 4.90 Å². The molecule has 2 aliphatic heterocycles. The Labute approximate surface area is 163 Å². The summed E-state index contributed by atoms with van der Waals surface area (Å²) in [6.07, 6.45) is 8.61. The summed E-state index contributed by atoms with van der Waals surface area (Å²) >= 11 is 3.62. The molecule has 4 heterocycles. The first-order valence-corrected chi connectivity index (χ1v) is 11.6. The summed E-state index contributed by atoms with van der Waals surface area (Å²) in [6, 6.07) is 4.72. The molecule has 7 heteroatoms. The zero-order valence-electron chi connectivity index (χ0n) is 15.2. The van der Waals surface area contributed by atoms with Gasteiger partial charge in [0.25, 0.3) is 5.91 Å². The van der Waals surface area contributed by atoms with Gasteiger partial charge in [0, 0.05) is 41.7 Å². The molecule has 4 rings (SSSR count). The molecule has 2 aromatic rings. The molecule has 1 fully saturated rings. The van der Waals surface area contributed by atoms with E-state index in [1.165, 1.54) is 48.7 Å². The number of nitrogens with zero attached hydrogens (tertiary/aromatic N) is 3. The van der Waals surface area contributed by atoms with E-state index in [2.05, 4.69) is 27.4 Å². The summed E-state index contributed by atoms with van der Waals surface area (Å²) < 4.78 is 0. The van der Waals surface area contributed by atoms with Crippen molar-refractivity contribution in [2.75, 3.05) is 31.6 Å². The van der Waals surface area contributed by atoms with E-state index >= 15 is 0 Å². The number of carbonyl (C=O) groups is 1. The second-order valence-electron chi connectivity index (χ2n) is 7.09. The first-order valence-electron chi connectivity index (χ1n) is 9.39. The molecule has 0 saturated carbocycles. The van der Waals surface area contributed by atoms with Gasteiger partial charge in [0.1, 0.15) is 0 Å². The topological polar surface area (TPSA) is 52.2 Å². The minimum absolute atomic E-state index is 0.167. The normalized spacial score (nSPS) is 20.5. The zero-order valence-corrected chi connectivity index (χ0v) is 16.9. The van der Waals surface area contributed by atoms with E-state index in [1.807, 2.05) is 28.9 Å². The van der Waals surface area contributed by atoms with Crippen molar-refractivity contribution in [1.82, 2.24) is 20.0 Å². The van der Waals surface area contributed by atoms with Crippen LogP contribution in [0.2, 0.25) is 0 Å². The second kappa shape index (κ2) is 8.15. The summed E-state index contributed by atoms with van der Waals surface area (Å²) in [5.74, 6) is 1.39. The van der Waals surface area contributed by atoms with Gasteiger partial charge in [-0.05, 0) is 56.5 Å². The smallest absolute Gasteiger partial charge is 0.264 e. The van der Waals surface area contributed by atoms with Crippen molar-refractivity contribution in [3.05, 3.63) is 39.3 Å². The van der Waals surface area contributed by atoms with Crippen molar-refractivity contribution in [3.8, 4) is 0 Å². The molecule has 0 spiro atoms. The third-order valence-corrected chi connectivity index (χ3v) is 7.28. The van der Waals surface area contributed by atoms with Crippen LogP contribution in [0.3, 0.4) is 0 Å². The van der Waals surface area contributed by atoms with Gasteiger partial charge in [-0.1, -0.05) is 0 Å². The lowest BCUT2D eigenvalue weighted by atomic mass is 10.1. The van der Waals surface area contributed by atoms with Gasteiger partial charge in [0.2, 0.25) is 0 Å². The van der Waals surface area contributed by atoms with E-state index in [1.54, 1.807) is 11.3 Å². The first-order chi connectivity index (χ1) is 12.8. The van der Waals surface area contributed by atoms with Gasteiger partial charge in [-0.25, -0.2) is 0 Å². The Hall–Kier alpha value is -1.31. The Bertz CT molecular complexity index is 756. The molecule has 26 heavy (non-hydrogen) atoms. The van der Waals surface area contributed by atoms with Crippen LogP contribution in [0.5, 0.6) is 0 Å². The van der Waals surface area contributed by atoms with Crippen molar-refractivity contribution in [1.29, 1.82) is 0 Å². The molecule has 0 unspecified atom stereocenters. The Morgan fingerprint density at radius 1 is 1.42 bits per heavy atom. The van der Waals surface area contributed by atoms with Crippen LogP contribution >= 0.6 is 23.1 Å². The Morgan fingerprint density at radius 2 is 2.35 bits per heavy atom. The number of hydrogen-bond acceptors (Lipinski definition) is 5. The minimum Gasteiger partial charge on any atom is -0.333 e. The maximum absolute atomic E-state index is 12.9. The highest BCUT2D eigenvalue weighted by Crippen LogP contribution is 2.36. The highest BCUT2D eigenvalue weighted by molar-refractivity contribution is 7.98. The molecule has 2 aromatic heterocycles. The van der Waals surface area contributed by atoms with E-state index < -0.39 is 0 Å². The average Bonchev–Trinajstić information content (AvgIpc) is 3.40. The standard InChI is InChI=1S/C19H26N4OS2/c1-25-11-3-9-22-8-2-4-16(22)17-5-6-18(26-17)19(24)23-10-7-15-14(13-23)12-20-21-15/h5-6,12,16H,2-4,7-11,13H2,1H3,(H,20,21)/t16-/m1/s1. The maximum atomic E-state index is 12.9. The number of fused-ring (bicyclic) bond motifs is 1. The number of aromatic amines is 1. The number of likely N-dealkylation sites (tertiary alicyclic amines) is 1. The van der Waals surface area contributed by atoms with Gasteiger partial charge >= 0.3 is 0 Å². The number of carbonyl (C=O) groups excluding carboxylic acids is 1. The minimum atomic E-state index is 0.167. The molecule has 1 saturated heterocycles. The number of thioether (sulfide) groups is 1. The fourth-order valence-corrected chi connectivity index (χ4v) is 5.59. The third kappa shape index (κ3) is 3.70. The molecule has 0 radical (unpaired) electrons. The quantitative estimate of drug-likeness (QED) is 0.766. The molecule has 1 N–H and O–H groups in total. The van der Waals surface area contributed by atoms with E-state index in [4.69, 9.17) is 0 Å². The second-order valence-corrected chi connectivity index (χ2v) is 9.19. The van der Waals surface area contributed by atoms with Crippen LogP contribution in [0, 0.1) is 0 Å². The molecular formula is C19H26N4OS2. The fourth-order valence-electron chi connectivity index (χ4n) is 4.03. The third-order valence-electron chi connectivity index (χ3n) is 5.41. The predicted molar refractivity (Wildman–Crippen MR) is 108 cm³/mol. The van der Waals surface area contributed by atoms with Crippen molar-refractivity contribution in [2.24, 2.45) is 0 Å². The summed E-state index contributed by atoms with van der Waals surface area (Å²) in [4.78, 5) is 19.7. The monoisotopic (exact) mass is 390 g/mol. The van der Waals surface area contributed by atoms with Crippen LogP contribution in [0.4, 0.5) is 0 Å². The van der Waals surface area contributed by atoms with Crippen LogP contribution < -0.4 is 0 Å². The lowest BCUT2D eigenvalue weighted by Crippen LogP contribution is -2.35. The largest absolute Gasteiger partial charge is 0.333 e. The fraction of sp³-hybridized carbons (Fsp3) is 0.579. The SMILES string of the molecule is CSCCCN1CCC[C@@H]1c1ccc(C(=O)N2CCc3[nH]ncc3C2)s1. The Balaban J connectivity index is 1.42. The van der Waals surface area contributed by atoms with Crippen molar-refractivity contribution in [2.45, 2.75) is 38.3 Å². The van der Waals surface area contributed by atoms with Gasteiger partial charge in [0.15, 0.2) is 0 Å². The number of nitrogens with one attached hydrogen (secondary N) is 1. The van der Waals surface area contributed by atoms with Gasteiger partial charge in [-0.3, -0.25) is 14.8 Å². The van der Waals surface area contributed by atoms with Crippen LogP contribution in [-0.2, 0) is 13.0 Å². The summed E-state index contributed by atoms with van der Waals surface area (Å²) in [5.41, 5.74) is 2.32. The number of hydrogen-bond donors (Lipinski definition) is 1. The van der Waals surface area contributed by atoms with E-state index in [0.29, 0.717) is 12.6 Å². The van der Waals surface area contributed by atoms with Crippen LogP contribution in [0.15, 0.2) is 18.3 Å². The van der Waals surface area contributed by atoms with Crippen molar-refractivity contribution in [3.63, 3.8) is 0 Å². The number of H-pyrrole nitrogens is 1. The molecule has 1 amide bonds. The van der Waals surface area contributed by atoms with Crippen LogP contribution in [0.25, 0.3) is 0 Å². The Kier molecular flexibility index (Phi) is 5.66. The van der Waals surface area contributed by atoms with Crippen LogP contribution in [-0.4, -0.2) is 57.5 Å². The molecule has 140 valence electrons. The van der Waals surface area contributed by atoms with E-state index in [0.717, 1.165) is 23.4 Å². The molecule has 0 aliphatic carbocycles. The molecule has 0 aromatic carbocycles. The maximum Gasteiger partial charge on any atom is 0.264 e. The number of thiophene rings is 1. The summed E-state index contributed by atoms with van der Waals surface area (Å²) in [5, 5.41) is 7.13. The van der Waals surface area contributed by atoms with Crippen molar-refractivity contribution >= 4 is 29.0 Å². The Morgan fingerprint density at radius 3 is 3.23 bits per heavy atom. The van der Waals surface area contributed by atoms with Crippen molar-refractivity contribution < 1.29 is 4.79 Å². The summed E-state index contributed by atoms with van der Waals surface area (Å²) in [6.45, 7) is 3.80. The zero-order chi connectivity index (χ0) is 17.9. The first kappa shape index (κ1) is 18.1. The highest BCUT2D eigenvalue weighted by atomic mass is 32.2. The van der Waals surface area contributed by atoms with Gasteiger partial charge in [-0.15, -0.1) is 11.3 Å². The predicted octanol–water partition coefficient (Wildman–Crippen LogP) is 3.56. The lowest BCUT2D eigenvalue weighted by molar-refractivity contribution is 0.0739. The number of rotatable bonds is 6. The van der Waals surface area contributed by atoms with E-state index in [9.17, 15) is 4.79 Å². The molecule has 2 aliphatic rings. The van der Waals surface area contributed by atoms with Gasteiger partial charge in [0.05, 0.1) is 11.1 Å². The highest BCUT2D eigenvalue weighted by Gasteiger charge is 2.29. The molecule has 0 bridgehead atoms.